The first kappa shape index (κ1) is 15.0. The minimum Gasteiger partial charge on any atom is -0.315 e. The minimum atomic E-state index is -0.645. The van der Waals surface area contributed by atoms with Crippen LogP contribution in [-0.2, 0) is 17.6 Å². The lowest BCUT2D eigenvalue weighted by atomic mass is 10.0. The zero-order valence-corrected chi connectivity index (χ0v) is 13.1. The van der Waals surface area contributed by atoms with Gasteiger partial charge in [0.05, 0.1) is 11.1 Å². The van der Waals surface area contributed by atoms with Crippen LogP contribution in [0.5, 0.6) is 0 Å². The van der Waals surface area contributed by atoms with Crippen molar-refractivity contribution in [3.05, 3.63) is 16.0 Å². The lowest BCUT2D eigenvalue weighted by Crippen LogP contribution is -2.47. The summed E-state index contributed by atoms with van der Waals surface area (Å²) < 4.78 is 0. The highest BCUT2D eigenvalue weighted by atomic mass is 32.1. The van der Waals surface area contributed by atoms with Gasteiger partial charge in [-0.05, 0) is 52.1 Å². The summed E-state index contributed by atoms with van der Waals surface area (Å²) in [5.41, 5.74) is 1.19. The van der Waals surface area contributed by atoms with Crippen molar-refractivity contribution in [3.63, 3.8) is 0 Å². The second kappa shape index (κ2) is 5.94. The van der Waals surface area contributed by atoms with Crippen LogP contribution in [0.2, 0.25) is 0 Å². The smallest absolute Gasteiger partial charge is 0.244 e. The first-order valence-corrected chi connectivity index (χ1v) is 7.86. The Hall–Kier alpha value is -1.38. The average molecular weight is 291 g/mol. The van der Waals surface area contributed by atoms with Gasteiger partial charge in [-0.2, -0.15) is 5.26 Å². The summed E-state index contributed by atoms with van der Waals surface area (Å²) in [4.78, 5) is 13.5. The van der Waals surface area contributed by atoms with Crippen LogP contribution in [0.4, 0.5) is 5.00 Å². The number of hydrogen-bond donors (Lipinski definition) is 2. The topological polar surface area (TPSA) is 64.9 Å². The van der Waals surface area contributed by atoms with Crippen LogP contribution < -0.4 is 10.6 Å². The number of carbonyl (C=O) groups is 1. The van der Waals surface area contributed by atoms with Crippen molar-refractivity contribution in [1.29, 1.82) is 5.26 Å². The molecule has 0 bridgehead atoms. The Morgan fingerprint density at radius 2 is 2.00 bits per heavy atom. The third-order valence-electron chi connectivity index (χ3n) is 3.95. The molecule has 0 spiro atoms. The van der Waals surface area contributed by atoms with Crippen molar-refractivity contribution >= 4 is 22.2 Å². The van der Waals surface area contributed by atoms with Gasteiger partial charge in [0.1, 0.15) is 11.1 Å². The quantitative estimate of drug-likeness (QED) is 0.842. The van der Waals surface area contributed by atoms with Gasteiger partial charge < -0.3 is 10.6 Å². The van der Waals surface area contributed by atoms with E-state index < -0.39 is 5.54 Å². The van der Waals surface area contributed by atoms with Gasteiger partial charge in [0.25, 0.3) is 0 Å². The van der Waals surface area contributed by atoms with Gasteiger partial charge in [0, 0.05) is 4.88 Å². The molecule has 0 saturated carbocycles. The van der Waals surface area contributed by atoms with Gasteiger partial charge in [0.2, 0.25) is 5.91 Å². The summed E-state index contributed by atoms with van der Waals surface area (Å²) in [5.74, 6) is -0.104. The number of anilines is 1. The van der Waals surface area contributed by atoms with Crippen molar-refractivity contribution in [1.82, 2.24) is 5.32 Å². The molecule has 2 rings (SSSR count). The molecule has 2 N–H and O–H groups in total. The number of amides is 1. The van der Waals surface area contributed by atoms with Gasteiger partial charge in [-0.15, -0.1) is 11.3 Å². The summed E-state index contributed by atoms with van der Waals surface area (Å²) >= 11 is 1.57. The van der Waals surface area contributed by atoms with Gasteiger partial charge in [0.15, 0.2) is 0 Å². The summed E-state index contributed by atoms with van der Waals surface area (Å²) in [6.45, 7) is 3.65. The van der Waals surface area contributed by atoms with Crippen LogP contribution in [0.1, 0.15) is 49.1 Å². The highest BCUT2D eigenvalue weighted by Crippen LogP contribution is 2.37. The lowest BCUT2D eigenvalue weighted by molar-refractivity contribution is -0.121. The molecule has 1 heterocycles. The number of hydrogen-bond acceptors (Lipinski definition) is 4. The lowest BCUT2D eigenvalue weighted by Gasteiger charge is -2.22. The molecule has 0 aliphatic heterocycles. The van der Waals surface area contributed by atoms with Crippen LogP contribution in [0, 0.1) is 11.3 Å². The predicted molar refractivity (Wildman–Crippen MR) is 82.1 cm³/mol. The summed E-state index contributed by atoms with van der Waals surface area (Å²) in [6.07, 6.45) is 5.52. The maximum Gasteiger partial charge on any atom is 0.244 e. The standard InChI is InChI=1S/C15H21N3OS/c1-15(2,17-3)14(19)18-13-11(9-16)10-7-5-4-6-8-12(10)20-13/h17H,4-8H2,1-3H3,(H,18,19). The highest BCUT2D eigenvalue weighted by molar-refractivity contribution is 7.16. The molecule has 0 unspecified atom stereocenters. The van der Waals surface area contributed by atoms with Crippen molar-refractivity contribution < 1.29 is 4.79 Å². The summed E-state index contributed by atoms with van der Waals surface area (Å²) in [5, 5.41) is 16.0. The van der Waals surface area contributed by atoms with Crippen LogP contribution in [0.25, 0.3) is 0 Å². The van der Waals surface area contributed by atoms with Crippen molar-refractivity contribution in [3.8, 4) is 6.07 Å². The fourth-order valence-electron chi connectivity index (χ4n) is 2.32. The second-order valence-corrected chi connectivity index (χ2v) is 6.81. The number of likely N-dealkylation sites (N-methyl/N-ethyl adjacent to an activating group) is 1. The number of carbonyl (C=O) groups excluding carboxylic acids is 1. The number of aryl methyl sites for hydroxylation is 1. The zero-order valence-electron chi connectivity index (χ0n) is 12.3. The third-order valence-corrected chi connectivity index (χ3v) is 5.16. The molecule has 0 atom stereocenters. The van der Waals surface area contributed by atoms with Crippen molar-refractivity contribution in [2.75, 3.05) is 12.4 Å². The highest BCUT2D eigenvalue weighted by Gasteiger charge is 2.28. The Morgan fingerprint density at radius 1 is 1.30 bits per heavy atom. The molecule has 1 aromatic heterocycles. The van der Waals surface area contributed by atoms with Gasteiger partial charge in [-0.3, -0.25) is 4.79 Å². The molecule has 1 aliphatic rings. The van der Waals surface area contributed by atoms with Crippen molar-refractivity contribution in [2.45, 2.75) is 51.5 Å². The maximum absolute atomic E-state index is 12.2. The van der Waals surface area contributed by atoms with E-state index in [0.717, 1.165) is 24.8 Å². The van der Waals surface area contributed by atoms with Crippen LogP contribution in [-0.4, -0.2) is 18.5 Å². The van der Waals surface area contributed by atoms with E-state index in [1.807, 2.05) is 13.8 Å². The number of rotatable bonds is 3. The Labute approximate surface area is 124 Å². The molecule has 0 saturated heterocycles. The second-order valence-electron chi connectivity index (χ2n) is 5.71. The molecule has 0 fully saturated rings. The molecule has 0 radical (unpaired) electrons. The van der Waals surface area contributed by atoms with Crippen LogP contribution in [0.15, 0.2) is 0 Å². The molecule has 1 amide bonds. The zero-order chi connectivity index (χ0) is 14.8. The molecule has 108 valence electrons. The molecule has 1 aliphatic carbocycles. The van der Waals surface area contributed by atoms with E-state index in [4.69, 9.17) is 0 Å². The number of nitrogens with zero attached hydrogens (tertiary/aromatic N) is 1. The van der Waals surface area contributed by atoms with Crippen molar-refractivity contribution in [2.24, 2.45) is 0 Å². The van der Waals surface area contributed by atoms with E-state index >= 15 is 0 Å². The Morgan fingerprint density at radius 3 is 2.65 bits per heavy atom. The first-order valence-electron chi connectivity index (χ1n) is 7.04. The molecular weight excluding hydrogens is 270 g/mol. The number of nitrogens with one attached hydrogen (secondary N) is 2. The van der Waals surface area contributed by atoms with E-state index in [1.54, 1.807) is 18.4 Å². The molecule has 1 aromatic rings. The number of thiophene rings is 1. The molecular formula is C15H21N3OS. The number of fused-ring (bicyclic) bond motifs is 1. The first-order chi connectivity index (χ1) is 9.49. The Bertz CT molecular complexity index is 554. The maximum atomic E-state index is 12.2. The molecule has 5 heteroatoms. The van der Waals surface area contributed by atoms with E-state index in [0.29, 0.717) is 10.6 Å². The average Bonchev–Trinajstić information content (AvgIpc) is 2.59. The summed E-state index contributed by atoms with van der Waals surface area (Å²) in [7, 11) is 1.76. The molecule has 0 aromatic carbocycles. The minimum absolute atomic E-state index is 0.104. The normalized spacial score (nSPS) is 15.1. The molecule has 20 heavy (non-hydrogen) atoms. The van der Waals surface area contributed by atoms with Gasteiger partial charge >= 0.3 is 0 Å². The van der Waals surface area contributed by atoms with Crippen LogP contribution >= 0.6 is 11.3 Å². The fourth-order valence-corrected chi connectivity index (χ4v) is 3.56. The monoisotopic (exact) mass is 291 g/mol. The number of nitriles is 1. The Kier molecular flexibility index (Phi) is 4.46. The van der Waals surface area contributed by atoms with E-state index in [-0.39, 0.29) is 5.91 Å². The predicted octanol–water partition coefficient (Wildman–Crippen LogP) is 2.83. The van der Waals surface area contributed by atoms with Gasteiger partial charge in [-0.1, -0.05) is 6.42 Å². The largest absolute Gasteiger partial charge is 0.315 e. The SMILES string of the molecule is CNC(C)(C)C(=O)Nc1sc2c(c1C#N)CCCCC2. The third kappa shape index (κ3) is 2.87. The van der Waals surface area contributed by atoms with E-state index in [1.165, 1.54) is 17.7 Å². The van der Waals surface area contributed by atoms with E-state index in [2.05, 4.69) is 16.7 Å². The summed E-state index contributed by atoms with van der Waals surface area (Å²) in [6, 6.07) is 2.28. The van der Waals surface area contributed by atoms with Crippen LogP contribution in [0.3, 0.4) is 0 Å². The Balaban J connectivity index is 2.30. The van der Waals surface area contributed by atoms with Gasteiger partial charge in [-0.25, -0.2) is 0 Å². The van der Waals surface area contributed by atoms with E-state index in [9.17, 15) is 10.1 Å². The molecule has 4 nitrogen and oxygen atoms in total. The fraction of sp³-hybridized carbons (Fsp3) is 0.600.